The molecule has 0 unspecified atom stereocenters. The molecule has 5 rings (SSSR count). The number of carbonyl (C=O) groups excluding carboxylic acids is 1. The standard InChI is InChI=1S/C25H29N3O2/c1-17-7-5-8-18(11-17)28-21(12-20(26-28)22-9-6-10-30-22)23(29)27-16-25(4)14-19(27)13-24(2,3)15-25/h5-12,19H,13-16H2,1-4H3/t19-,25-/m1/s1. The maximum absolute atomic E-state index is 13.8. The van der Waals surface area contributed by atoms with Crippen molar-refractivity contribution >= 4 is 5.91 Å². The summed E-state index contributed by atoms with van der Waals surface area (Å²) in [5.74, 6) is 0.733. The number of carbonyl (C=O) groups is 1. The van der Waals surface area contributed by atoms with Crippen molar-refractivity contribution < 1.29 is 9.21 Å². The number of fused-ring (bicyclic) bond motifs is 2. The predicted octanol–water partition coefficient (Wildman–Crippen LogP) is 5.48. The molecule has 2 bridgehead atoms. The van der Waals surface area contributed by atoms with E-state index < -0.39 is 0 Å². The average Bonchev–Trinajstić information content (AvgIpc) is 3.37. The molecular formula is C25H29N3O2. The Bertz CT molecular complexity index is 1100. The number of hydrogen-bond donors (Lipinski definition) is 0. The molecule has 1 saturated carbocycles. The lowest BCUT2D eigenvalue weighted by Crippen LogP contribution is -2.38. The van der Waals surface area contributed by atoms with Gasteiger partial charge in [0, 0.05) is 18.7 Å². The predicted molar refractivity (Wildman–Crippen MR) is 117 cm³/mol. The topological polar surface area (TPSA) is 51.3 Å². The van der Waals surface area contributed by atoms with Crippen LogP contribution in [0.4, 0.5) is 0 Å². The lowest BCUT2D eigenvalue weighted by molar-refractivity contribution is 0.0699. The summed E-state index contributed by atoms with van der Waals surface area (Å²) < 4.78 is 7.35. The van der Waals surface area contributed by atoms with Crippen LogP contribution in [-0.2, 0) is 0 Å². The first kappa shape index (κ1) is 19.2. The summed E-state index contributed by atoms with van der Waals surface area (Å²) >= 11 is 0. The fourth-order valence-corrected chi connectivity index (χ4v) is 5.88. The van der Waals surface area contributed by atoms with Crippen molar-refractivity contribution in [1.82, 2.24) is 14.7 Å². The monoisotopic (exact) mass is 403 g/mol. The van der Waals surface area contributed by atoms with Crippen molar-refractivity contribution in [2.45, 2.75) is 53.0 Å². The third-order valence-electron chi connectivity index (χ3n) is 6.62. The normalized spacial score (nSPS) is 24.9. The Hall–Kier alpha value is -2.82. The van der Waals surface area contributed by atoms with Crippen molar-refractivity contribution in [3.8, 4) is 17.1 Å². The summed E-state index contributed by atoms with van der Waals surface area (Å²) in [4.78, 5) is 15.9. The van der Waals surface area contributed by atoms with E-state index in [4.69, 9.17) is 9.52 Å². The van der Waals surface area contributed by atoms with Crippen molar-refractivity contribution in [2.24, 2.45) is 10.8 Å². The van der Waals surface area contributed by atoms with Gasteiger partial charge in [-0.05, 0) is 66.8 Å². The summed E-state index contributed by atoms with van der Waals surface area (Å²) in [7, 11) is 0. The third kappa shape index (κ3) is 3.26. The molecule has 2 atom stereocenters. The number of benzene rings is 1. The summed E-state index contributed by atoms with van der Waals surface area (Å²) in [5, 5.41) is 4.76. The second-order valence-corrected chi connectivity index (χ2v) is 10.3. The molecule has 2 aliphatic rings. The minimum Gasteiger partial charge on any atom is -0.463 e. The van der Waals surface area contributed by atoms with Gasteiger partial charge in [0.15, 0.2) is 5.76 Å². The largest absolute Gasteiger partial charge is 0.463 e. The molecule has 3 aromatic rings. The van der Waals surface area contributed by atoms with Crippen LogP contribution in [0.5, 0.6) is 0 Å². The number of aryl methyl sites for hydroxylation is 1. The second kappa shape index (κ2) is 6.59. The van der Waals surface area contributed by atoms with E-state index in [9.17, 15) is 4.79 Å². The van der Waals surface area contributed by atoms with E-state index in [1.807, 2.05) is 30.3 Å². The lowest BCUT2D eigenvalue weighted by atomic mass is 9.65. The van der Waals surface area contributed by atoms with Gasteiger partial charge in [0.2, 0.25) is 0 Å². The van der Waals surface area contributed by atoms with Crippen LogP contribution in [0.3, 0.4) is 0 Å². The van der Waals surface area contributed by atoms with E-state index >= 15 is 0 Å². The average molecular weight is 404 g/mol. The maximum atomic E-state index is 13.8. The Kier molecular flexibility index (Phi) is 4.21. The SMILES string of the molecule is Cc1cccc(-n2nc(-c3ccco3)cc2C(=O)N2C[C@]3(C)C[C@H]2CC(C)(C)C3)c1. The molecule has 0 radical (unpaired) electrons. The van der Waals surface area contributed by atoms with Crippen molar-refractivity contribution in [2.75, 3.05) is 6.54 Å². The highest BCUT2D eigenvalue weighted by Gasteiger charge is 2.51. The number of furan rings is 1. The van der Waals surface area contributed by atoms with Gasteiger partial charge in [-0.25, -0.2) is 4.68 Å². The molecular weight excluding hydrogens is 374 g/mol. The molecule has 2 fully saturated rings. The molecule has 0 spiro atoms. The Morgan fingerprint density at radius 1 is 1.13 bits per heavy atom. The third-order valence-corrected chi connectivity index (χ3v) is 6.62. The number of likely N-dealkylation sites (tertiary alicyclic amines) is 1. The Morgan fingerprint density at radius 3 is 2.70 bits per heavy atom. The molecule has 1 aliphatic carbocycles. The van der Waals surface area contributed by atoms with Gasteiger partial charge >= 0.3 is 0 Å². The van der Waals surface area contributed by atoms with Gasteiger partial charge in [-0.2, -0.15) is 5.10 Å². The van der Waals surface area contributed by atoms with Crippen LogP contribution in [0, 0.1) is 17.8 Å². The highest BCUT2D eigenvalue weighted by molar-refractivity contribution is 5.94. The second-order valence-electron chi connectivity index (χ2n) is 10.3. The van der Waals surface area contributed by atoms with Gasteiger partial charge in [-0.1, -0.05) is 32.9 Å². The van der Waals surface area contributed by atoms with Gasteiger partial charge in [0.1, 0.15) is 11.4 Å². The van der Waals surface area contributed by atoms with E-state index in [1.165, 1.54) is 0 Å². The summed E-state index contributed by atoms with van der Waals surface area (Å²) in [6.07, 6.45) is 4.94. The highest BCUT2D eigenvalue weighted by Crippen LogP contribution is 2.52. The number of amides is 1. The van der Waals surface area contributed by atoms with Gasteiger partial charge in [0.05, 0.1) is 12.0 Å². The quantitative estimate of drug-likeness (QED) is 0.582. The van der Waals surface area contributed by atoms with E-state index in [1.54, 1.807) is 10.9 Å². The molecule has 3 heterocycles. The van der Waals surface area contributed by atoms with Crippen LogP contribution in [0.2, 0.25) is 0 Å². The van der Waals surface area contributed by atoms with E-state index in [-0.39, 0.29) is 16.7 Å². The van der Waals surface area contributed by atoms with Crippen LogP contribution < -0.4 is 0 Å². The minimum atomic E-state index is 0.0632. The zero-order chi connectivity index (χ0) is 21.1. The Labute approximate surface area is 177 Å². The molecule has 5 nitrogen and oxygen atoms in total. The molecule has 0 N–H and O–H groups in total. The zero-order valence-corrected chi connectivity index (χ0v) is 18.2. The van der Waals surface area contributed by atoms with Crippen LogP contribution in [0.15, 0.2) is 53.1 Å². The van der Waals surface area contributed by atoms with Crippen LogP contribution in [0.25, 0.3) is 17.1 Å². The summed E-state index contributed by atoms with van der Waals surface area (Å²) in [6.45, 7) is 9.86. The maximum Gasteiger partial charge on any atom is 0.272 e. The molecule has 2 aromatic heterocycles. The van der Waals surface area contributed by atoms with E-state index in [0.717, 1.165) is 37.1 Å². The molecule has 1 saturated heterocycles. The van der Waals surface area contributed by atoms with E-state index in [2.05, 4.69) is 44.7 Å². The summed E-state index contributed by atoms with van der Waals surface area (Å²) in [5.41, 5.74) is 3.76. The summed E-state index contributed by atoms with van der Waals surface area (Å²) in [6, 6.07) is 14.0. The molecule has 1 aliphatic heterocycles. The smallest absolute Gasteiger partial charge is 0.272 e. The zero-order valence-electron chi connectivity index (χ0n) is 18.2. The van der Waals surface area contributed by atoms with E-state index in [0.29, 0.717) is 23.2 Å². The molecule has 156 valence electrons. The van der Waals surface area contributed by atoms with Crippen LogP contribution >= 0.6 is 0 Å². The number of rotatable bonds is 3. The van der Waals surface area contributed by atoms with Crippen molar-refractivity contribution in [3.63, 3.8) is 0 Å². The number of aromatic nitrogens is 2. The first-order valence-electron chi connectivity index (χ1n) is 10.8. The molecule has 30 heavy (non-hydrogen) atoms. The van der Waals surface area contributed by atoms with Crippen molar-refractivity contribution in [3.05, 3.63) is 60.0 Å². The first-order chi connectivity index (χ1) is 14.2. The number of nitrogens with zero attached hydrogens (tertiary/aromatic N) is 3. The lowest BCUT2D eigenvalue weighted by Gasteiger charge is -2.39. The van der Waals surface area contributed by atoms with Gasteiger partial charge in [-0.15, -0.1) is 0 Å². The number of hydrogen-bond acceptors (Lipinski definition) is 3. The van der Waals surface area contributed by atoms with Gasteiger partial charge in [0.25, 0.3) is 5.91 Å². The fourth-order valence-electron chi connectivity index (χ4n) is 5.88. The Morgan fingerprint density at radius 2 is 1.97 bits per heavy atom. The van der Waals surface area contributed by atoms with Gasteiger partial charge < -0.3 is 9.32 Å². The van der Waals surface area contributed by atoms with Crippen LogP contribution in [-0.4, -0.2) is 33.2 Å². The van der Waals surface area contributed by atoms with Gasteiger partial charge in [-0.3, -0.25) is 4.79 Å². The molecule has 1 amide bonds. The molecule has 5 heteroatoms. The minimum absolute atomic E-state index is 0.0632. The first-order valence-corrected chi connectivity index (χ1v) is 10.8. The molecule has 1 aromatic carbocycles. The highest BCUT2D eigenvalue weighted by atomic mass is 16.3. The van der Waals surface area contributed by atoms with Crippen molar-refractivity contribution in [1.29, 1.82) is 0 Å². The fraction of sp³-hybridized carbons (Fsp3) is 0.440. The Balaban J connectivity index is 1.57. The van der Waals surface area contributed by atoms with Crippen LogP contribution in [0.1, 0.15) is 56.1 Å².